The van der Waals surface area contributed by atoms with Gasteiger partial charge in [-0.25, -0.2) is 4.98 Å². The van der Waals surface area contributed by atoms with E-state index in [9.17, 15) is 4.79 Å². The summed E-state index contributed by atoms with van der Waals surface area (Å²) >= 11 is 0. The number of aromatic nitrogens is 2. The van der Waals surface area contributed by atoms with Crippen molar-refractivity contribution < 1.29 is 9.53 Å². The van der Waals surface area contributed by atoms with Gasteiger partial charge in [-0.2, -0.15) is 0 Å². The highest BCUT2D eigenvalue weighted by Crippen LogP contribution is 2.35. The van der Waals surface area contributed by atoms with E-state index in [2.05, 4.69) is 12.1 Å². The van der Waals surface area contributed by atoms with E-state index in [0.29, 0.717) is 5.75 Å². The van der Waals surface area contributed by atoms with E-state index in [1.165, 1.54) is 6.92 Å². The Bertz CT molecular complexity index is 1360. The summed E-state index contributed by atoms with van der Waals surface area (Å²) in [6.45, 7) is 1.40. The number of fused-ring (bicyclic) bond motifs is 6. The smallest absolute Gasteiger partial charge is 0.308 e. The summed E-state index contributed by atoms with van der Waals surface area (Å²) in [4.78, 5) is 21.1. The molecule has 0 unspecified atom stereocenters. The van der Waals surface area contributed by atoms with Crippen LogP contribution in [0.2, 0.25) is 0 Å². The summed E-state index contributed by atoms with van der Waals surface area (Å²) in [5.74, 6) is 0.156. The van der Waals surface area contributed by atoms with Crippen LogP contribution in [0.15, 0.2) is 79.0 Å². The lowest BCUT2D eigenvalue weighted by molar-refractivity contribution is -0.131. The number of carbonyl (C=O) groups excluding carboxylic acids is 1. The van der Waals surface area contributed by atoms with Gasteiger partial charge < -0.3 is 4.74 Å². The van der Waals surface area contributed by atoms with Gasteiger partial charge in [0.2, 0.25) is 0 Å². The second-order valence-corrected chi connectivity index (χ2v) is 6.67. The number of hydrogen-bond acceptors (Lipinski definition) is 4. The summed E-state index contributed by atoms with van der Waals surface area (Å²) in [6, 6.07) is 23.8. The molecule has 4 aromatic carbocycles. The first-order valence-electron chi connectivity index (χ1n) is 9.06. The zero-order valence-electron chi connectivity index (χ0n) is 15.2. The van der Waals surface area contributed by atoms with Crippen LogP contribution in [0.5, 0.6) is 5.75 Å². The van der Waals surface area contributed by atoms with Gasteiger partial charge in [0.1, 0.15) is 5.75 Å². The van der Waals surface area contributed by atoms with E-state index in [-0.39, 0.29) is 5.97 Å². The van der Waals surface area contributed by atoms with Crippen molar-refractivity contribution >= 4 is 38.5 Å². The number of nitrogens with zero attached hydrogens (tertiary/aromatic N) is 2. The molecule has 0 fully saturated rings. The SMILES string of the molecule is CC(=O)Oc1ccc2c3ccccc3c3ncc(-c4ccccc4)nc3c2c1. The van der Waals surface area contributed by atoms with E-state index in [1.54, 1.807) is 0 Å². The van der Waals surface area contributed by atoms with Crippen molar-refractivity contribution in [2.75, 3.05) is 0 Å². The number of rotatable bonds is 2. The Balaban J connectivity index is 1.90. The first-order chi connectivity index (χ1) is 13.7. The maximum Gasteiger partial charge on any atom is 0.308 e. The highest BCUT2D eigenvalue weighted by atomic mass is 16.5. The number of hydrogen-bond donors (Lipinski definition) is 0. The maximum absolute atomic E-state index is 11.4. The summed E-state index contributed by atoms with van der Waals surface area (Å²) in [7, 11) is 0. The van der Waals surface area contributed by atoms with Gasteiger partial charge >= 0.3 is 5.97 Å². The van der Waals surface area contributed by atoms with Gasteiger partial charge in [-0.15, -0.1) is 0 Å². The van der Waals surface area contributed by atoms with Crippen molar-refractivity contribution in [1.82, 2.24) is 9.97 Å². The van der Waals surface area contributed by atoms with Crippen LogP contribution in [0, 0.1) is 0 Å². The Morgan fingerprint density at radius 2 is 1.50 bits per heavy atom. The van der Waals surface area contributed by atoms with Crippen molar-refractivity contribution in [2.45, 2.75) is 6.92 Å². The third kappa shape index (κ3) is 2.67. The van der Waals surface area contributed by atoms with Gasteiger partial charge in [0.25, 0.3) is 0 Å². The Kier molecular flexibility index (Phi) is 3.76. The van der Waals surface area contributed by atoms with E-state index < -0.39 is 0 Å². The molecule has 5 aromatic rings. The predicted octanol–water partition coefficient (Wildman–Crippen LogP) is 5.53. The quantitative estimate of drug-likeness (QED) is 0.235. The lowest BCUT2D eigenvalue weighted by atomic mass is 9.99. The van der Waals surface area contributed by atoms with Crippen LogP contribution in [0.1, 0.15) is 6.92 Å². The van der Waals surface area contributed by atoms with Crippen LogP contribution in [0.25, 0.3) is 43.8 Å². The monoisotopic (exact) mass is 364 g/mol. The molecule has 1 heterocycles. The van der Waals surface area contributed by atoms with Crippen molar-refractivity contribution in [3.8, 4) is 17.0 Å². The minimum atomic E-state index is -0.347. The highest BCUT2D eigenvalue weighted by Gasteiger charge is 2.13. The lowest BCUT2D eigenvalue weighted by Gasteiger charge is -2.11. The molecule has 0 N–H and O–H groups in total. The first-order valence-corrected chi connectivity index (χ1v) is 9.06. The molecule has 0 saturated carbocycles. The van der Waals surface area contributed by atoms with Gasteiger partial charge in [0.05, 0.1) is 22.9 Å². The molecule has 0 saturated heterocycles. The van der Waals surface area contributed by atoms with Gasteiger partial charge in [0, 0.05) is 23.3 Å². The molecule has 0 spiro atoms. The lowest BCUT2D eigenvalue weighted by Crippen LogP contribution is -2.01. The molecule has 0 bridgehead atoms. The fourth-order valence-electron chi connectivity index (χ4n) is 3.63. The van der Waals surface area contributed by atoms with Gasteiger partial charge in [0.15, 0.2) is 0 Å². The van der Waals surface area contributed by atoms with Crippen molar-refractivity contribution in [2.24, 2.45) is 0 Å². The Morgan fingerprint density at radius 1 is 0.786 bits per heavy atom. The number of carbonyl (C=O) groups is 1. The number of esters is 1. The normalized spacial score (nSPS) is 11.2. The molecule has 134 valence electrons. The Hall–Kier alpha value is -3.79. The first kappa shape index (κ1) is 16.4. The number of benzene rings is 4. The standard InChI is InChI=1S/C24H16N2O2/c1-15(27)28-17-11-12-19-18-9-5-6-10-20(18)23-24(21(19)13-17)26-22(14-25-23)16-7-3-2-4-8-16/h2-14H,1H3. The maximum atomic E-state index is 11.4. The average Bonchev–Trinajstić information content (AvgIpc) is 2.74. The van der Waals surface area contributed by atoms with Crippen LogP contribution < -0.4 is 4.74 Å². The molecule has 5 rings (SSSR count). The molecule has 0 amide bonds. The van der Waals surface area contributed by atoms with E-state index in [0.717, 1.165) is 43.8 Å². The topological polar surface area (TPSA) is 52.1 Å². The van der Waals surface area contributed by atoms with Crippen LogP contribution in [-0.2, 0) is 4.79 Å². The predicted molar refractivity (Wildman–Crippen MR) is 111 cm³/mol. The van der Waals surface area contributed by atoms with Crippen molar-refractivity contribution in [3.63, 3.8) is 0 Å². The molecule has 0 radical (unpaired) electrons. The molecule has 28 heavy (non-hydrogen) atoms. The van der Waals surface area contributed by atoms with Crippen LogP contribution in [0.4, 0.5) is 0 Å². The molecule has 1 aromatic heterocycles. The molecular formula is C24H16N2O2. The van der Waals surface area contributed by atoms with E-state index in [4.69, 9.17) is 14.7 Å². The molecule has 4 nitrogen and oxygen atoms in total. The minimum absolute atomic E-state index is 0.347. The third-order valence-electron chi connectivity index (χ3n) is 4.82. The third-order valence-corrected chi connectivity index (χ3v) is 4.82. The van der Waals surface area contributed by atoms with Gasteiger partial charge in [-0.05, 0) is 29.0 Å². The molecule has 0 aliphatic heterocycles. The zero-order valence-corrected chi connectivity index (χ0v) is 15.2. The Labute approximate surface area is 161 Å². The van der Waals surface area contributed by atoms with Gasteiger partial charge in [-0.3, -0.25) is 9.78 Å². The molecule has 0 aliphatic rings. The molecule has 0 aliphatic carbocycles. The van der Waals surface area contributed by atoms with Gasteiger partial charge in [-0.1, -0.05) is 54.6 Å². The van der Waals surface area contributed by atoms with Crippen LogP contribution in [0.3, 0.4) is 0 Å². The summed E-state index contributed by atoms with van der Waals surface area (Å²) in [5, 5.41) is 4.12. The molecule has 0 atom stereocenters. The van der Waals surface area contributed by atoms with Crippen LogP contribution in [-0.4, -0.2) is 15.9 Å². The summed E-state index contributed by atoms with van der Waals surface area (Å²) in [6.07, 6.45) is 1.81. The molecular weight excluding hydrogens is 348 g/mol. The minimum Gasteiger partial charge on any atom is -0.427 e. The highest BCUT2D eigenvalue weighted by molar-refractivity contribution is 6.23. The molecule has 4 heteroatoms. The second-order valence-electron chi connectivity index (χ2n) is 6.67. The zero-order chi connectivity index (χ0) is 19.1. The van der Waals surface area contributed by atoms with Crippen molar-refractivity contribution in [3.05, 3.63) is 79.0 Å². The van der Waals surface area contributed by atoms with Crippen molar-refractivity contribution in [1.29, 1.82) is 0 Å². The fraction of sp³-hybridized carbons (Fsp3) is 0.0417. The Morgan fingerprint density at radius 3 is 2.29 bits per heavy atom. The summed E-state index contributed by atoms with van der Waals surface area (Å²) < 4.78 is 5.31. The summed E-state index contributed by atoms with van der Waals surface area (Å²) in [5.41, 5.74) is 3.45. The van der Waals surface area contributed by atoms with E-state index >= 15 is 0 Å². The second kappa shape index (κ2) is 6.43. The largest absolute Gasteiger partial charge is 0.427 e. The van der Waals surface area contributed by atoms with Crippen LogP contribution >= 0.6 is 0 Å². The van der Waals surface area contributed by atoms with E-state index in [1.807, 2.05) is 66.9 Å². The fourth-order valence-corrected chi connectivity index (χ4v) is 3.63. The average molecular weight is 364 g/mol. The number of ether oxygens (including phenoxy) is 1.